The SMILES string of the molecule is CCC(CN)C(=O)NC(C)c1ccccc1OC. The first-order chi connectivity index (χ1) is 8.63. The Kier molecular flexibility index (Phi) is 5.65. The van der Waals surface area contributed by atoms with Gasteiger partial charge in [0.1, 0.15) is 5.75 Å². The van der Waals surface area contributed by atoms with Gasteiger partial charge in [-0.3, -0.25) is 4.79 Å². The quantitative estimate of drug-likeness (QED) is 0.810. The lowest BCUT2D eigenvalue weighted by Gasteiger charge is -2.20. The van der Waals surface area contributed by atoms with Gasteiger partial charge in [-0.2, -0.15) is 0 Å². The number of hydrogen-bond acceptors (Lipinski definition) is 3. The number of nitrogens with two attached hydrogens (primary N) is 1. The normalized spacial score (nSPS) is 13.8. The second-order valence-electron chi connectivity index (χ2n) is 4.31. The maximum Gasteiger partial charge on any atom is 0.224 e. The molecule has 0 aliphatic rings. The lowest BCUT2D eigenvalue weighted by atomic mass is 10.0. The summed E-state index contributed by atoms with van der Waals surface area (Å²) in [5.41, 5.74) is 6.54. The second-order valence-corrected chi connectivity index (χ2v) is 4.31. The average molecular weight is 250 g/mol. The Bertz CT molecular complexity index is 389. The van der Waals surface area contributed by atoms with Crippen molar-refractivity contribution in [3.8, 4) is 5.75 Å². The molecule has 1 amide bonds. The van der Waals surface area contributed by atoms with Crippen molar-refractivity contribution >= 4 is 5.91 Å². The van der Waals surface area contributed by atoms with E-state index < -0.39 is 0 Å². The second kappa shape index (κ2) is 7.01. The van der Waals surface area contributed by atoms with Crippen LogP contribution in [-0.2, 0) is 4.79 Å². The predicted molar refractivity (Wildman–Crippen MR) is 72.4 cm³/mol. The van der Waals surface area contributed by atoms with E-state index in [-0.39, 0.29) is 17.9 Å². The van der Waals surface area contributed by atoms with Crippen molar-refractivity contribution in [3.63, 3.8) is 0 Å². The van der Waals surface area contributed by atoms with Gasteiger partial charge in [-0.25, -0.2) is 0 Å². The molecule has 1 aromatic carbocycles. The molecule has 0 aromatic heterocycles. The lowest BCUT2D eigenvalue weighted by Crippen LogP contribution is -2.36. The van der Waals surface area contributed by atoms with Crippen LogP contribution >= 0.6 is 0 Å². The highest BCUT2D eigenvalue weighted by Gasteiger charge is 2.18. The van der Waals surface area contributed by atoms with Crippen molar-refractivity contribution < 1.29 is 9.53 Å². The Labute approximate surface area is 109 Å². The Morgan fingerprint density at radius 1 is 1.44 bits per heavy atom. The molecule has 0 heterocycles. The summed E-state index contributed by atoms with van der Waals surface area (Å²) in [5, 5.41) is 2.97. The van der Waals surface area contributed by atoms with E-state index in [1.165, 1.54) is 0 Å². The molecule has 0 aliphatic heterocycles. The summed E-state index contributed by atoms with van der Waals surface area (Å²) in [6, 6.07) is 7.59. The van der Waals surface area contributed by atoms with Crippen molar-refractivity contribution in [2.45, 2.75) is 26.3 Å². The molecule has 100 valence electrons. The molecule has 0 radical (unpaired) electrons. The molecule has 4 nitrogen and oxygen atoms in total. The van der Waals surface area contributed by atoms with E-state index in [4.69, 9.17) is 10.5 Å². The molecule has 0 saturated heterocycles. The number of carbonyl (C=O) groups excluding carboxylic acids is 1. The zero-order valence-electron chi connectivity index (χ0n) is 11.3. The minimum Gasteiger partial charge on any atom is -0.496 e. The van der Waals surface area contributed by atoms with Gasteiger partial charge in [0.15, 0.2) is 0 Å². The predicted octanol–water partition coefficient (Wildman–Crippen LogP) is 1.86. The van der Waals surface area contributed by atoms with Gasteiger partial charge in [-0.05, 0) is 19.4 Å². The van der Waals surface area contributed by atoms with E-state index in [1.807, 2.05) is 38.1 Å². The minimum atomic E-state index is -0.123. The number of benzene rings is 1. The molecule has 3 N–H and O–H groups in total. The maximum atomic E-state index is 12.0. The van der Waals surface area contributed by atoms with E-state index in [2.05, 4.69) is 5.32 Å². The highest BCUT2D eigenvalue weighted by Crippen LogP contribution is 2.24. The van der Waals surface area contributed by atoms with Crippen LogP contribution in [0.5, 0.6) is 5.75 Å². The molecule has 0 bridgehead atoms. The lowest BCUT2D eigenvalue weighted by molar-refractivity contribution is -0.125. The summed E-state index contributed by atoms with van der Waals surface area (Å²) in [4.78, 5) is 12.0. The number of methoxy groups -OCH3 is 1. The number of nitrogens with one attached hydrogen (secondary N) is 1. The zero-order chi connectivity index (χ0) is 13.5. The maximum absolute atomic E-state index is 12.0. The van der Waals surface area contributed by atoms with Crippen LogP contribution < -0.4 is 15.8 Å². The molecule has 0 spiro atoms. The Hall–Kier alpha value is -1.55. The van der Waals surface area contributed by atoms with Gasteiger partial charge in [0.2, 0.25) is 5.91 Å². The van der Waals surface area contributed by atoms with Crippen LogP contribution in [0.15, 0.2) is 24.3 Å². The van der Waals surface area contributed by atoms with E-state index in [0.29, 0.717) is 6.54 Å². The summed E-state index contributed by atoms with van der Waals surface area (Å²) >= 11 is 0. The van der Waals surface area contributed by atoms with Crippen molar-refractivity contribution in [1.29, 1.82) is 0 Å². The first-order valence-electron chi connectivity index (χ1n) is 6.27. The molecule has 0 saturated carbocycles. The van der Waals surface area contributed by atoms with Crippen molar-refractivity contribution in [1.82, 2.24) is 5.32 Å². The fourth-order valence-corrected chi connectivity index (χ4v) is 1.89. The third-order valence-corrected chi connectivity index (χ3v) is 3.11. The number of carbonyl (C=O) groups is 1. The highest BCUT2D eigenvalue weighted by atomic mass is 16.5. The van der Waals surface area contributed by atoms with Gasteiger partial charge in [-0.15, -0.1) is 0 Å². The van der Waals surface area contributed by atoms with Gasteiger partial charge in [0.25, 0.3) is 0 Å². The van der Waals surface area contributed by atoms with Crippen molar-refractivity contribution in [2.24, 2.45) is 11.7 Å². The summed E-state index contributed by atoms with van der Waals surface area (Å²) < 4.78 is 5.29. The monoisotopic (exact) mass is 250 g/mol. The first kappa shape index (κ1) is 14.5. The van der Waals surface area contributed by atoms with Gasteiger partial charge >= 0.3 is 0 Å². The van der Waals surface area contributed by atoms with Gasteiger partial charge in [0.05, 0.1) is 13.2 Å². The van der Waals surface area contributed by atoms with Gasteiger partial charge < -0.3 is 15.8 Å². The third kappa shape index (κ3) is 3.47. The first-order valence-corrected chi connectivity index (χ1v) is 6.27. The van der Waals surface area contributed by atoms with Crippen LogP contribution in [0.4, 0.5) is 0 Å². The molecular weight excluding hydrogens is 228 g/mol. The molecule has 1 rings (SSSR count). The average Bonchev–Trinajstić information content (AvgIpc) is 2.40. The molecule has 2 atom stereocenters. The van der Waals surface area contributed by atoms with E-state index in [1.54, 1.807) is 7.11 Å². The number of para-hydroxylation sites is 1. The van der Waals surface area contributed by atoms with Crippen LogP contribution in [0.25, 0.3) is 0 Å². The molecule has 18 heavy (non-hydrogen) atoms. The van der Waals surface area contributed by atoms with E-state index in [9.17, 15) is 4.79 Å². The highest BCUT2D eigenvalue weighted by molar-refractivity contribution is 5.79. The van der Waals surface area contributed by atoms with Crippen LogP contribution in [0.2, 0.25) is 0 Å². The van der Waals surface area contributed by atoms with E-state index >= 15 is 0 Å². The standard InChI is InChI=1S/C14H22N2O2/c1-4-11(9-15)14(17)16-10(2)12-7-5-6-8-13(12)18-3/h5-8,10-11H,4,9,15H2,1-3H3,(H,16,17). The summed E-state index contributed by atoms with van der Waals surface area (Å²) in [6.45, 7) is 4.28. The summed E-state index contributed by atoms with van der Waals surface area (Å²) in [6.07, 6.45) is 0.751. The third-order valence-electron chi connectivity index (χ3n) is 3.11. The Morgan fingerprint density at radius 3 is 2.67 bits per heavy atom. The summed E-state index contributed by atoms with van der Waals surface area (Å²) in [7, 11) is 1.63. The zero-order valence-corrected chi connectivity index (χ0v) is 11.3. The molecule has 0 aliphatic carbocycles. The molecule has 4 heteroatoms. The minimum absolute atomic E-state index is 0.00148. The van der Waals surface area contributed by atoms with Crippen LogP contribution in [0.3, 0.4) is 0 Å². The van der Waals surface area contributed by atoms with Gasteiger partial charge in [0, 0.05) is 18.0 Å². The number of hydrogen-bond donors (Lipinski definition) is 2. The van der Waals surface area contributed by atoms with Crippen LogP contribution in [-0.4, -0.2) is 19.6 Å². The molecular formula is C14H22N2O2. The van der Waals surface area contributed by atoms with Gasteiger partial charge in [-0.1, -0.05) is 25.1 Å². The topological polar surface area (TPSA) is 64.4 Å². The summed E-state index contributed by atoms with van der Waals surface area (Å²) in [5.74, 6) is 0.659. The van der Waals surface area contributed by atoms with Crippen LogP contribution in [0.1, 0.15) is 31.9 Å². The molecule has 2 unspecified atom stereocenters. The fraction of sp³-hybridized carbons (Fsp3) is 0.500. The van der Waals surface area contributed by atoms with Crippen molar-refractivity contribution in [3.05, 3.63) is 29.8 Å². The number of ether oxygens (including phenoxy) is 1. The largest absolute Gasteiger partial charge is 0.496 e. The Morgan fingerprint density at radius 2 is 2.11 bits per heavy atom. The smallest absolute Gasteiger partial charge is 0.224 e. The van der Waals surface area contributed by atoms with E-state index in [0.717, 1.165) is 17.7 Å². The van der Waals surface area contributed by atoms with Crippen LogP contribution in [0, 0.1) is 5.92 Å². The fourth-order valence-electron chi connectivity index (χ4n) is 1.89. The van der Waals surface area contributed by atoms with Crippen molar-refractivity contribution in [2.75, 3.05) is 13.7 Å². The molecule has 0 fully saturated rings. The number of amides is 1. The Balaban J connectivity index is 2.76. The number of rotatable bonds is 6. The molecule has 1 aromatic rings.